The molecule has 1 saturated heterocycles. The molecular formula is C16H17ClN2O2. The Bertz CT molecular complexity index is 638. The van der Waals surface area contributed by atoms with Crippen LogP contribution in [-0.2, 0) is 11.3 Å². The molecule has 5 heteroatoms. The molecule has 0 aromatic heterocycles. The second-order valence-corrected chi connectivity index (χ2v) is 6.33. The Labute approximate surface area is 128 Å². The molecule has 1 aliphatic carbocycles. The first kappa shape index (κ1) is 14.4. The van der Waals surface area contributed by atoms with Crippen LogP contribution in [0.4, 0.5) is 0 Å². The number of likely N-dealkylation sites (tertiary alicyclic amines) is 1. The average Bonchev–Trinajstić information content (AvgIpc) is 2.98. The second-order valence-electron chi connectivity index (χ2n) is 5.96. The molecule has 1 aromatic rings. The maximum Gasteiger partial charge on any atom is 0.226 e. The SMILES string of the molecule is Cc1c(CN2C[C@@H]3[C@H](O)CC[C@@H]3C2=O)ccc(C#N)c1Cl. The van der Waals surface area contributed by atoms with Crippen molar-refractivity contribution in [2.24, 2.45) is 11.8 Å². The topological polar surface area (TPSA) is 64.3 Å². The minimum Gasteiger partial charge on any atom is -0.393 e. The molecule has 2 fully saturated rings. The minimum atomic E-state index is -0.352. The van der Waals surface area contributed by atoms with E-state index >= 15 is 0 Å². The summed E-state index contributed by atoms with van der Waals surface area (Å²) in [5, 5.41) is 19.4. The van der Waals surface area contributed by atoms with Crippen LogP contribution in [0.3, 0.4) is 0 Å². The molecule has 4 nitrogen and oxygen atoms in total. The minimum absolute atomic E-state index is 0.0193. The average molecular weight is 305 g/mol. The number of nitrogens with zero attached hydrogens (tertiary/aromatic N) is 2. The summed E-state index contributed by atoms with van der Waals surface area (Å²) in [5.41, 5.74) is 2.26. The highest BCUT2D eigenvalue weighted by Gasteiger charge is 2.47. The smallest absolute Gasteiger partial charge is 0.226 e. The summed E-state index contributed by atoms with van der Waals surface area (Å²) < 4.78 is 0. The van der Waals surface area contributed by atoms with E-state index in [1.807, 2.05) is 17.9 Å². The molecule has 3 atom stereocenters. The summed E-state index contributed by atoms with van der Waals surface area (Å²) in [7, 11) is 0. The molecule has 1 heterocycles. The van der Waals surface area contributed by atoms with Gasteiger partial charge in [-0.05, 0) is 37.0 Å². The lowest BCUT2D eigenvalue weighted by Gasteiger charge is -2.20. The maximum absolute atomic E-state index is 12.4. The van der Waals surface area contributed by atoms with Gasteiger partial charge in [-0.1, -0.05) is 17.7 Å². The molecule has 0 radical (unpaired) electrons. The van der Waals surface area contributed by atoms with Crippen molar-refractivity contribution in [2.45, 2.75) is 32.4 Å². The second kappa shape index (κ2) is 5.32. The number of halogens is 1. The van der Waals surface area contributed by atoms with Gasteiger partial charge >= 0.3 is 0 Å². The van der Waals surface area contributed by atoms with Gasteiger partial charge < -0.3 is 10.0 Å². The number of benzene rings is 1. The number of hydrogen-bond donors (Lipinski definition) is 1. The highest BCUT2D eigenvalue weighted by Crippen LogP contribution is 2.39. The number of carbonyl (C=O) groups is 1. The Morgan fingerprint density at radius 2 is 2.24 bits per heavy atom. The molecule has 1 aliphatic heterocycles. The molecule has 0 bridgehead atoms. The number of carbonyl (C=O) groups excluding carboxylic acids is 1. The van der Waals surface area contributed by atoms with Gasteiger partial charge in [0.25, 0.3) is 0 Å². The van der Waals surface area contributed by atoms with Crippen LogP contribution in [0.1, 0.15) is 29.5 Å². The lowest BCUT2D eigenvalue weighted by molar-refractivity contribution is -0.131. The first-order valence-electron chi connectivity index (χ1n) is 7.18. The molecule has 3 rings (SSSR count). The van der Waals surface area contributed by atoms with Crippen LogP contribution in [0, 0.1) is 30.1 Å². The van der Waals surface area contributed by atoms with Gasteiger partial charge in [0.05, 0.1) is 16.7 Å². The summed E-state index contributed by atoms with van der Waals surface area (Å²) in [6, 6.07) is 5.61. The zero-order chi connectivity index (χ0) is 15.1. The van der Waals surface area contributed by atoms with Gasteiger partial charge in [0.1, 0.15) is 6.07 Å². The van der Waals surface area contributed by atoms with Gasteiger partial charge in [-0.15, -0.1) is 0 Å². The molecule has 0 spiro atoms. The van der Waals surface area contributed by atoms with E-state index < -0.39 is 0 Å². The van der Waals surface area contributed by atoms with Crippen LogP contribution in [0.25, 0.3) is 0 Å². The monoisotopic (exact) mass is 304 g/mol. The van der Waals surface area contributed by atoms with E-state index in [0.29, 0.717) is 23.7 Å². The van der Waals surface area contributed by atoms with Crippen molar-refractivity contribution in [1.29, 1.82) is 5.26 Å². The number of fused-ring (bicyclic) bond motifs is 1. The van der Waals surface area contributed by atoms with Crippen LogP contribution in [0.2, 0.25) is 5.02 Å². The van der Waals surface area contributed by atoms with E-state index in [-0.39, 0.29) is 23.8 Å². The lowest BCUT2D eigenvalue weighted by atomic mass is 9.99. The Morgan fingerprint density at radius 3 is 2.90 bits per heavy atom. The largest absolute Gasteiger partial charge is 0.393 e. The van der Waals surface area contributed by atoms with Crippen LogP contribution in [0.15, 0.2) is 12.1 Å². The fraction of sp³-hybridized carbons (Fsp3) is 0.500. The number of nitriles is 1. The summed E-state index contributed by atoms with van der Waals surface area (Å²) in [4.78, 5) is 14.2. The normalized spacial score (nSPS) is 27.8. The van der Waals surface area contributed by atoms with Crippen molar-refractivity contribution in [2.75, 3.05) is 6.54 Å². The molecule has 2 aliphatic rings. The van der Waals surface area contributed by atoms with E-state index in [2.05, 4.69) is 6.07 Å². The predicted molar refractivity (Wildman–Crippen MR) is 78.5 cm³/mol. The molecule has 1 aromatic carbocycles. The number of aliphatic hydroxyl groups excluding tert-OH is 1. The molecule has 1 N–H and O–H groups in total. The van der Waals surface area contributed by atoms with Crippen molar-refractivity contribution in [1.82, 2.24) is 4.90 Å². The number of hydrogen-bond acceptors (Lipinski definition) is 3. The van der Waals surface area contributed by atoms with Crippen molar-refractivity contribution < 1.29 is 9.90 Å². The summed E-state index contributed by atoms with van der Waals surface area (Å²) in [6.07, 6.45) is 1.17. The summed E-state index contributed by atoms with van der Waals surface area (Å²) in [6.45, 7) is 2.98. The summed E-state index contributed by atoms with van der Waals surface area (Å²) in [5.74, 6) is 0.192. The van der Waals surface area contributed by atoms with Gasteiger partial charge in [0.15, 0.2) is 0 Å². The first-order valence-corrected chi connectivity index (χ1v) is 7.55. The van der Waals surface area contributed by atoms with Crippen molar-refractivity contribution in [3.63, 3.8) is 0 Å². The fourth-order valence-corrected chi connectivity index (χ4v) is 3.74. The van der Waals surface area contributed by atoms with Gasteiger partial charge in [0.2, 0.25) is 5.91 Å². The highest BCUT2D eigenvalue weighted by atomic mass is 35.5. The third-order valence-electron chi connectivity index (χ3n) is 4.82. The molecule has 1 amide bonds. The zero-order valence-electron chi connectivity index (χ0n) is 11.8. The Hall–Kier alpha value is -1.57. The van der Waals surface area contributed by atoms with Gasteiger partial charge in [-0.2, -0.15) is 5.26 Å². The molecule has 110 valence electrons. The van der Waals surface area contributed by atoms with E-state index in [1.165, 1.54) is 0 Å². The standard InChI is InChI=1S/C16H17ClN2O2/c1-9-11(3-2-10(6-18)15(9)17)7-19-8-13-12(16(19)21)4-5-14(13)20/h2-3,12-14,20H,4-5,7-8H2,1H3/t12-,13-,14+/m0/s1. The van der Waals surface area contributed by atoms with Crippen LogP contribution >= 0.6 is 11.6 Å². The van der Waals surface area contributed by atoms with E-state index in [9.17, 15) is 9.90 Å². The predicted octanol–water partition coefficient (Wildman–Crippen LogP) is 2.25. The van der Waals surface area contributed by atoms with E-state index in [4.69, 9.17) is 16.9 Å². The van der Waals surface area contributed by atoms with E-state index in [0.717, 1.165) is 24.0 Å². The molecule has 21 heavy (non-hydrogen) atoms. The number of amides is 1. The highest BCUT2D eigenvalue weighted by molar-refractivity contribution is 6.32. The van der Waals surface area contributed by atoms with Gasteiger partial charge in [0, 0.05) is 24.9 Å². The van der Waals surface area contributed by atoms with Gasteiger partial charge in [-0.3, -0.25) is 4.79 Å². The van der Waals surface area contributed by atoms with Crippen molar-refractivity contribution >= 4 is 17.5 Å². The van der Waals surface area contributed by atoms with Crippen LogP contribution < -0.4 is 0 Å². The third-order valence-corrected chi connectivity index (χ3v) is 5.31. The molecule has 1 saturated carbocycles. The van der Waals surface area contributed by atoms with E-state index in [1.54, 1.807) is 6.07 Å². The quantitative estimate of drug-likeness (QED) is 0.911. The Morgan fingerprint density at radius 1 is 1.48 bits per heavy atom. The number of rotatable bonds is 2. The first-order chi connectivity index (χ1) is 10.0. The summed E-state index contributed by atoms with van der Waals surface area (Å²) >= 11 is 6.17. The number of aliphatic hydroxyl groups is 1. The van der Waals surface area contributed by atoms with Crippen LogP contribution in [0.5, 0.6) is 0 Å². The third kappa shape index (κ3) is 2.31. The van der Waals surface area contributed by atoms with Crippen LogP contribution in [-0.4, -0.2) is 28.6 Å². The van der Waals surface area contributed by atoms with Crippen molar-refractivity contribution in [3.8, 4) is 6.07 Å². The Balaban J connectivity index is 1.81. The zero-order valence-corrected chi connectivity index (χ0v) is 12.6. The Kier molecular flexibility index (Phi) is 3.64. The molecular weight excluding hydrogens is 288 g/mol. The van der Waals surface area contributed by atoms with Gasteiger partial charge in [-0.25, -0.2) is 0 Å². The van der Waals surface area contributed by atoms with Crippen molar-refractivity contribution in [3.05, 3.63) is 33.8 Å². The lowest BCUT2D eigenvalue weighted by Crippen LogP contribution is -2.28. The maximum atomic E-state index is 12.4. The fourth-order valence-electron chi connectivity index (χ4n) is 3.51. The molecule has 0 unspecified atom stereocenters.